The van der Waals surface area contributed by atoms with Crippen LogP contribution >= 0.6 is 11.3 Å². The molecule has 0 saturated carbocycles. The number of hydrogen-bond donors (Lipinski definition) is 3. The number of anilines is 1. The van der Waals surface area contributed by atoms with Crippen LogP contribution in [0.4, 0.5) is 5.13 Å². The molecule has 3 rings (SSSR count). The van der Waals surface area contributed by atoms with Crippen molar-refractivity contribution in [2.24, 2.45) is 0 Å². The average Bonchev–Trinajstić information content (AvgIpc) is 3.08. The van der Waals surface area contributed by atoms with Crippen molar-refractivity contribution in [2.45, 2.75) is 26.4 Å². The molecular formula is C19H21N5O2S. The zero-order valence-corrected chi connectivity index (χ0v) is 16.2. The minimum Gasteiger partial charge on any atom is -0.365 e. The second-order valence-corrected chi connectivity index (χ2v) is 7.32. The number of thiazole rings is 1. The fourth-order valence-corrected chi connectivity index (χ4v) is 3.37. The van der Waals surface area contributed by atoms with Gasteiger partial charge in [-0.05, 0) is 43.7 Å². The van der Waals surface area contributed by atoms with E-state index >= 15 is 0 Å². The monoisotopic (exact) mass is 383 g/mol. The van der Waals surface area contributed by atoms with Gasteiger partial charge in [0.1, 0.15) is 11.4 Å². The summed E-state index contributed by atoms with van der Waals surface area (Å²) in [4.78, 5) is 33.0. The second-order valence-electron chi connectivity index (χ2n) is 6.29. The highest BCUT2D eigenvalue weighted by molar-refractivity contribution is 7.22. The van der Waals surface area contributed by atoms with Crippen LogP contribution in [0.1, 0.15) is 40.4 Å². The number of carbonyl (C=O) groups excluding carboxylic acids is 2. The van der Waals surface area contributed by atoms with Gasteiger partial charge in [-0.15, -0.1) is 0 Å². The third-order valence-corrected chi connectivity index (χ3v) is 4.79. The predicted octanol–water partition coefficient (Wildman–Crippen LogP) is 2.80. The van der Waals surface area contributed by atoms with E-state index in [1.54, 1.807) is 29.5 Å². The number of nitrogens with one attached hydrogen (secondary N) is 3. The molecular weight excluding hydrogens is 362 g/mol. The first-order valence-corrected chi connectivity index (χ1v) is 9.41. The van der Waals surface area contributed by atoms with E-state index in [1.165, 1.54) is 0 Å². The Balaban J connectivity index is 1.68. The molecule has 2 aromatic heterocycles. The summed E-state index contributed by atoms with van der Waals surface area (Å²) in [7, 11) is 1.83. The van der Waals surface area contributed by atoms with Crippen LogP contribution in [0.5, 0.6) is 0 Å². The molecule has 8 heteroatoms. The van der Waals surface area contributed by atoms with Crippen LogP contribution in [-0.2, 0) is 6.54 Å². The first kappa shape index (κ1) is 18.8. The van der Waals surface area contributed by atoms with E-state index in [2.05, 4.69) is 25.9 Å². The highest BCUT2D eigenvalue weighted by Gasteiger charge is 2.13. The fraction of sp³-hybridized carbons (Fsp3) is 0.263. The van der Waals surface area contributed by atoms with Crippen LogP contribution in [-0.4, -0.2) is 34.9 Å². The number of carbonyl (C=O) groups is 2. The van der Waals surface area contributed by atoms with Crippen molar-refractivity contribution in [3.63, 3.8) is 0 Å². The maximum Gasteiger partial charge on any atom is 0.270 e. The molecule has 3 N–H and O–H groups in total. The Kier molecular flexibility index (Phi) is 5.66. The van der Waals surface area contributed by atoms with Crippen molar-refractivity contribution < 1.29 is 9.59 Å². The van der Waals surface area contributed by atoms with Crippen LogP contribution in [0.2, 0.25) is 0 Å². The van der Waals surface area contributed by atoms with Crippen LogP contribution in [0.15, 0.2) is 36.4 Å². The van der Waals surface area contributed by atoms with Crippen LogP contribution in [0.3, 0.4) is 0 Å². The number of benzene rings is 1. The van der Waals surface area contributed by atoms with Gasteiger partial charge in [-0.3, -0.25) is 9.59 Å². The summed E-state index contributed by atoms with van der Waals surface area (Å²) in [5.41, 5.74) is 2.32. The van der Waals surface area contributed by atoms with E-state index in [0.717, 1.165) is 20.9 Å². The summed E-state index contributed by atoms with van der Waals surface area (Å²) in [5, 5.41) is 9.49. The molecule has 0 aliphatic rings. The van der Waals surface area contributed by atoms with Gasteiger partial charge in [-0.2, -0.15) is 0 Å². The van der Waals surface area contributed by atoms with Crippen molar-refractivity contribution in [2.75, 3.05) is 12.4 Å². The van der Waals surface area contributed by atoms with Crippen LogP contribution in [0.25, 0.3) is 10.2 Å². The van der Waals surface area contributed by atoms with Crippen molar-refractivity contribution in [1.82, 2.24) is 20.6 Å². The fourth-order valence-electron chi connectivity index (χ4n) is 2.48. The lowest BCUT2D eigenvalue weighted by molar-refractivity contribution is 0.0936. The lowest BCUT2D eigenvalue weighted by Crippen LogP contribution is -2.31. The Morgan fingerprint density at radius 2 is 1.81 bits per heavy atom. The summed E-state index contributed by atoms with van der Waals surface area (Å²) in [6.07, 6.45) is 0. The molecule has 3 aromatic rings. The molecule has 0 fully saturated rings. The van der Waals surface area contributed by atoms with Gasteiger partial charge in [0.25, 0.3) is 11.8 Å². The number of amides is 2. The average molecular weight is 383 g/mol. The largest absolute Gasteiger partial charge is 0.365 e. The molecule has 0 aliphatic heterocycles. The number of hydrogen-bond acceptors (Lipinski definition) is 6. The Morgan fingerprint density at radius 1 is 1.07 bits per heavy atom. The number of fused-ring (bicyclic) bond motifs is 1. The minimum atomic E-state index is -0.325. The summed E-state index contributed by atoms with van der Waals surface area (Å²) < 4.78 is 1.05. The molecule has 2 heterocycles. The Hall–Kier alpha value is -3.00. The number of nitrogens with zero attached hydrogens (tertiary/aromatic N) is 2. The maximum atomic E-state index is 12.4. The Labute approximate surface area is 161 Å². The first-order chi connectivity index (χ1) is 13.0. The van der Waals surface area contributed by atoms with Crippen molar-refractivity contribution >= 4 is 38.5 Å². The van der Waals surface area contributed by atoms with E-state index in [9.17, 15) is 9.59 Å². The lowest BCUT2D eigenvalue weighted by atomic mass is 10.2. The SMILES string of the molecule is CNc1nc2ccc(CNC(=O)c3cccc(C(=O)NC(C)C)n3)cc2s1. The molecule has 0 atom stereocenters. The van der Waals surface area contributed by atoms with Gasteiger partial charge >= 0.3 is 0 Å². The van der Waals surface area contributed by atoms with Gasteiger partial charge in [0.15, 0.2) is 5.13 Å². The molecule has 0 aliphatic carbocycles. The second kappa shape index (κ2) is 8.13. The summed E-state index contributed by atoms with van der Waals surface area (Å²) in [6.45, 7) is 4.10. The normalized spacial score (nSPS) is 10.8. The molecule has 7 nitrogen and oxygen atoms in total. The summed E-state index contributed by atoms with van der Waals surface area (Å²) in [5.74, 6) is -0.620. The molecule has 0 radical (unpaired) electrons. The van der Waals surface area contributed by atoms with Crippen molar-refractivity contribution in [1.29, 1.82) is 0 Å². The van der Waals surface area contributed by atoms with E-state index in [-0.39, 0.29) is 29.2 Å². The molecule has 0 unspecified atom stereocenters. The zero-order valence-electron chi connectivity index (χ0n) is 15.4. The minimum absolute atomic E-state index is 0.00173. The smallest absolute Gasteiger partial charge is 0.270 e. The van der Waals surface area contributed by atoms with E-state index < -0.39 is 0 Å². The first-order valence-electron chi connectivity index (χ1n) is 8.59. The van der Waals surface area contributed by atoms with Crippen LogP contribution < -0.4 is 16.0 Å². The molecule has 140 valence electrons. The third-order valence-electron chi connectivity index (χ3n) is 3.75. The van der Waals surface area contributed by atoms with Gasteiger partial charge in [0, 0.05) is 19.6 Å². The van der Waals surface area contributed by atoms with Crippen molar-refractivity contribution in [3.8, 4) is 0 Å². The van der Waals surface area contributed by atoms with E-state index in [0.29, 0.717) is 6.54 Å². The standard InChI is InChI=1S/C19H21N5O2S/c1-11(2)22-18(26)15-6-4-5-14(23-15)17(25)21-10-12-7-8-13-16(9-12)27-19(20-3)24-13/h4-9,11H,10H2,1-3H3,(H,20,24)(H,21,25)(H,22,26). The van der Waals surface area contributed by atoms with Crippen LogP contribution in [0, 0.1) is 0 Å². The van der Waals surface area contributed by atoms with Gasteiger partial charge < -0.3 is 16.0 Å². The van der Waals surface area contributed by atoms with Gasteiger partial charge in [-0.1, -0.05) is 23.5 Å². The molecule has 1 aromatic carbocycles. The van der Waals surface area contributed by atoms with Crippen molar-refractivity contribution in [3.05, 3.63) is 53.3 Å². The Morgan fingerprint density at radius 3 is 2.52 bits per heavy atom. The Bertz CT molecular complexity index is 983. The highest BCUT2D eigenvalue weighted by Crippen LogP contribution is 2.26. The maximum absolute atomic E-state index is 12.4. The third kappa shape index (κ3) is 4.59. The molecule has 0 bridgehead atoms. The van der Waals surface area contributed by atoms with E-state index in [1.807, 2.05) is 39.1 Å². The molecule has 0 spiro atoms. The van der Waals surface area contributed by atoms with Gasteiger partial charge in [-0.25, -0.2) is 9.97 Å². The number of rotatable bonds is 6. The summed E-state index contributed by atoms with van der Waals surface area (Å²) in [6, 6.07) is 10.7. The number of pyridine rings is 1. The molecule has 0 saturated heterocycles. The lowest BCUT2D eigenvalue weighted by Gasteiger charge is -2.09. The zero-order chi connectivity index (χ0) is 19.4. The van der Waals surface area contributed by atoms with E-state index in [4.69, 9.17) is 0 Å². The summed E-state index contributed by atoms with van der Waals surface area (Å²) >= 11 is 1.56. The molecule has 2 amide bonds. The topological polar surface area (TPSA) is 96.0 Å². The number of aromatic nitrogens is 2. The predicted molar refractivity (Wildman–Crippen MR) is 107 cm³/mol. The quantitative estimate of drug-likeness (QED) is 0.608. The van der Waals surface area contributed by atoms with Gasteiger partial charge in [0.05, 0.1) is 10.2 Å². The molecule has 27 heavy (non-hydrogen) atoms. The highest BCUT2D eigenvalue weighted by atomic mass is 32.1. The van der Waals surface area contributed by atoms with Gasteiger partial charge in [0.2, 0.25) is 0 Å².